The Kier molecular flexibility index (Phi) is 3.16. The smallest absolute Gasteiger partial charge is 0.337 e. The first-order chi connectivity index (χ1) is 6.15. The van der Waals surface area contributed by atoms with Crippen LogP contribution in [0.4, 0.5) is 5.69 Å². The van der Waals surface area contributed by atoms with Crippen LogP contribution in [-0.4, -0.2) is 17.2 Å². The first-order valence-electron chi connectivity index (χ1n) is 3.26. The molecule has 0 saturated heterocycles. The molecule has 0 fully saturated rings. The van der Waals surface area contributed by atoms with E-state index in [-0.39, 0.29) is 11.3 Å². The SMILES string of the molecule is O=C=Nc1ccc(I)cc1C(=O)O. The monoisotopic (exact) mass is 289 g/mol. The summed E-state index contributed by atoms with van der Waals surface area (Å²) in [5.74, 6) is -1.10. The van der Waals surface area contributed by atoms with Crippen LogP contribution in [0.1, 0.15) is 10.4 Å². The van der Waals surface area contributed by atoms with Crippen molar-refractivity contribution in [1.29, 1.82) is 0 Å². The number of hydrogen-bond donors (Lipinski definition) is 1. The molecule has 4 nitrogen and oxygen atoms in total. The third kappa shape index (κ3) is 2.37. The molecule has 0 aliphatic rings. The summed E-state index contributed by atoms with van der Waals surface area (Å²) in [6.07, 6.45) is 1.31. The van der Waals surface area contributed by atoms with Gasteiger partial charge in [0.2, 0.25) is 6.08 Å². The average molecular weight is 289 g/mol. The molecule has 5 heteroatoms. The van der Waals surface area contributed by atoms with Crippen molar-refractivity contribution in [2.75, 3.05) is 0 Å². The molecule has 0 atom stereocenters. The number of halogens is 1. The molecule has 1 aromatic carbocycles. The molecular weight excluding hydrogens is 285 g/mol. The molecule has 1 N–H and O–H groups in total. The number of aliphatic imine (C=N–C) groups is 1. The molecule has 13 heavy (non-hydrogen) atoms. The summed E-state index contributed by atoms with van der Waals surface area (Å²) in [5.41, 5.74) is 0.137. The lowest BCUT2D eigenvalue weighted by molar-refractivity contribution is 0.0698. The predicted molar refractivity (Wildman–Crippen MR) is 53.9 cm³/mol. The lowest BCUT2D eigenvalue weighted by atomic mass is 10.2. The zero-order chi connectivity index (χ0) is 9.84. The minimum absolute atomic E-state index is 0.00949. The van der Waals surface area contributed by atoms with Crippen LogP contribution in [0.3, 0.4) is 0 Å². The summed E-state index contributed by atoms with van der Waals surface area (Å²) in [5, 5.41) is 8.72. The maximum atomic E-state index is 10.7. The van der Waals surface area contributed by atoms with Gasteiger partial charge in [-0.25, -0.2) is 9.59 Å². The Balaban J connectivity index is 3.34. The van der Waals surface area contributed by atoms with E-state index in [1.54, 1.807) is 6.07 Å². The van der Waals surface area contributed by atoms with E-state index in [4.69, 9.17) is 5.11 Å². The van der Waals surface area contributed by atoms with Crippen molar-refractivity contribution in [2.45, 2.75) is 0 Å². The molecule has 66 valence electrons. The van der Waals surface area contributed by atoms with Crippen molar-refractivity contribution < 1.29 is 14.7 Å². The van der Waals surface area contributed by atoms with Gasteiger partial charge in [-0.2, -0.15) is 4.99 Å². The van der Waals surface area contributed by atoms with E-state index in [0.717, 1.165) is 3.57 Å². The molecule has 0 aliphatic carbocycles. The summed E-state index contributed by atoms with van der Waals surface area (Å²) in [6, 6.07) is 4.58. The second-order valence-corrected chi connectivity index (χ2v) is 3.42. The molecule has 0 unspecified atom stereocenters. The van der Waals surface area contributed by atoms with Crippen LogP contribution in [0.5, 0.6) is 0 Å². The second kappa shape index (κ2) is 4.15. The van der Waals surface area contributed by atoms with Gasteiger partial charge in [0.15, 0.2) is 0 Å². The summed E-state index contributed by atoms with van der Waals surface area (Å²) >= 11 is 1.98. The van der Waals surface area contributed by atoms with Crippen LogP contribution in [0.2, 0.25) is 0 Å². The second-order valence-electron chi connectivity index (χ2n) is 2.17. The molecular formula is C8H4INO3. The van der Waals surface area contributed by atoms with Crippen molar-refractivity contribution in [3.05, 3.63) is 27.3 Å². The fourth-order valence-corrected chi connectivity index (χ4v) is 1.32. The number of carboxylic acid groups (broad SMARTS) is 1. The fraction of sp³-hybridized carbons (Fsp3) is 0. The third-order valence-electron chi connectivity index (χ3n) is 1.36. The molecule has 0 spiro atoms. The van der Waals surface area contributed by atoms with Gasteiger partial charge in [0, 0.05) is 3.57 Å². The number of carbonyl (C=O) groups excluding carboxylic acids is 1. The van der Waals surface area contributed by atoms with E-state index in [1.807, 2.05) is 22.6 Å². The Hall–Kier alpha value is -1.20. The highest BCUT2D eigenvalue weighted by molar-refractivity contribution is 14.1. The molecule has 0 radical (unpaired) electrons. The molecule has 0 amide bonds. The van der Waals surface area contributed by atoms with Gasteiger partial charge in [0.25, 0.3) is 0 Å². The first kappa shape index (κ1) is 9.88. The fourth-order valence-electron chi connectivity index (χ4n) is 0.826. The standard InChI is InChI=1S/C8H4INO3/c9-5-1-2-7(10-4-11)6(3-5)8(12)13/h1-3H,(H,12,13). The Bertz CT molecular complexity index is 396. The first-order valence-corrected chi connectivity index (χ1v) is 4.33. The van der Waals surface area contributed by atoms with Crippen LogP contribution in [0.25, 0.3) is 0 Å². The van der Waals surface area contributed by atoms with Crippen molar-refractivity contribution in [2.24, 2.45) is 4.99 Å². The van der Waals surface area contributed by atoms with E-state index < -0.39 is 5.97 Å². The number of carbonyl (C=O) groups is 1. The Morgan fingerprint density at radius 1 is 1.54 bits per heavy atom. The number of nitrogens with zero attached hydrogens (tertiary/aromatic N) is 1. The summed E-state index contributed by atoms with van der Waals surface area (Å²) < 4.78 is 0.778. The van der Waals surface area contributed by atoms with Gasteiger partial charge in [-0.15, -0.1) is 0 Å². The van der Waals surface area contributed by atoms with Crippen molar-refractivity contribution in [3.8, 4) is 0 Å². The van der Waals surface area contributed by atoms with E-state index in [0.29, 0.717) is 0 Å². The van der Waals surface area contributed by atoms with Gasteiger partial charge >= 0.3 is 5.97 Å². The topological polar surface area (TPSA) is 66.7 Å². The third-order valence-corrected chi connectivity index (χ3v) is 2.03. The number of isocyanates is 1. The van der Waals surface area contributed by atoms with E-state index >= 15 is 0 Å². The minimum Gasteiger partial charge on any atom is -0.478 e. The van der Waals surface area contributed by atoms with Gasteiger partial charge in [-0.3, -0.25) is 0 Å². The quantitative estimate of drug-likeness (QED) is 0.514. The van der Waals surface area contributed by atoms with Crippen LogP contribution in [0, 0.1) is 3.57 Å². The highest BCUT2D eigenvalue weighted by atomic mass is 127. The number of hydrogen-bond acceptors (Lipinski definition) is 3. The van der Waals surface area contributed by atoms with Crippen LogP contribution in [-0.2, 0) is 4.79 Å². The zero-order valence-electron chi connectivity index (χ0n) is 6.32. The van der Waals surface area contributed by atoms with Crippen LogP contribution < -0.4 is 0 Å². The van der Waals surface area contributed by atoms with Gasteiger partial charge in [-0.1, -0.05) is 0 Å². The normalized spacial score (nSPS) is 9.00. The van der Waals surface area contributed by atoms with E-state index in [1.165, 1.54) is 18.2 Å². The van der Waals surface area contributed by atoms with Crippen molar-refractivity contribution >= 4 is 40.3 Å². The summed E-state index contributed by atoms with van der Waals surface area (Å²) in [6.45, 7) is 0. The Morgan fingerprint density at radius 2 is 2.23 bits per heavy atom. The van der Waals surface area contributed by atoms with Crippen LogP contribution >= 0.6 is 22.6 Å². The van der Waals surface area contributed by atoms with Crippen molar-refractivity contribution in [3.63, 3.8) is 0 Å². The van der Waals surface area contributed by atoms with Gasteiger partial charge < -0.3 is 5.11 Å². The van der Waals surface area contributed by atoms with Gasteiger partial charge in [0.05, 0.1) is 11.3 Å². The maximum Gasteiger partial charge on any atom is 0.337 e. The van der Waals surface area contributed by atoms with Crippen LogP contribution in [0.15, 0.2) is 23.2 Å². The molecule has 1 aromatic rings. The molecule has 0 bridgehead atoms. The van der Waals surface area contributed by atoms with Gasteiger partial charge in [0.1, 0.15) is 0 Å². The highest BCUT2D eigenvalue weighted by Gasteiger charge is 2.09. The Morgan fingerprint density at radius 3 is 2.77 bits per heavy atom. The number of rotatable bonds is 2. The lowest BCUT2D eigenvalue weighted by Gasteiger charge is -1.98. The lowest BCUT2D eigenvalue weighted by Crippen LogP contribution is -1.96. The molecule has 0 aliphatic heterocycles. The number of benzene rings is 1. The molecule has 1 rings (SSSR count). The number of aromatic carboxylic acids is 1. The summed E-state index contributed by atoms with van der Waals surface area (Å²) in [4.78, 5) is 23.9. The van der Waals surface area contributed by atoms with E-state index in [9.17, 15) is 9.59 Å². The van der Waals surface area contributed by atoms with E-state index in [2.05, 4.69) is 4.99 Å². The largest absolute Gasteiger partial charge is 0.478 e. The predicted octanol–water partition coefficient (Wildman–Crippen LogP) is 1.96. The minimum atomic E-state index is -1.10. The highest BCUT2D eigenvalue weighted by Crippen LogP contribution is 2.20. The molecule has 0 saturated carbocycles. The van der Waals surface area contributed by atoms with Gasteiger partial charge in [-0.05, 0) is 40.8 Å². The number of carboxylic acids is 1. The average Bonchev–Trinajstić information content (AvgIpc) is 2.08. The maximum absolute atomic E-state index is 10.7. The Labute approximate surface area is 87.4 Å². The molecule has 0 aromatic heterocycles. The zero-order valence-corrected chi connectivity index (χ0v) is 8.48. The summed E-state index contributed by atoms with van der Waals surface area (Å²) in [7, 11) is 0. The molecule has 0 heterocycles. The van der Waals surface area contributed by atoms with Crippen molar-refractivity contribution in [1.82, 2.24) is 0 Å².